The van der Waals surface area contributed by atoms with E-state index in [2.05, 4.69) is 42.9 Å². The van der Waals surface area contributed by atoms with Crippen LogP contribution in [0.3, 0.4) is 0 Å². The summed E-state index contributed by atoms with van der Waals surface area (Å²) in [5.74, 6) is -1.17. The number of benzene rings is 1. The molecule has 170 valence electrons. The van der Waals surface area contributed by atoms with Crippen molar-refractivity contribution in [2.24, 2.45) is 0 Å². The summed E-state index contributed by atoms with van der Waals surface area (Å²) in [4.78, 5) is 4.08. The van der Waals surface area contributed by atoms with E-state index in [1.165, 1.54) is 16.4 Å². The van der Waals surface area contributed by atoms with Crippen LogP contribution in [0.5, 0.6) is 0 Å². The molecular weight excluding hydrogens is 435 g/mol. The monoisotopic (exact) mass is 455 g/mol. The van der Waals surface area contributed by atoms with Gasteiger partial charge in [0.2, 0.25) is 5.89 Å². The Kier molecular flexibility index (Phi) is 5.86. The number of hydrogen-bond donors (Lipinski definition) is 1. The average molecular weight is 455 g/mol. The van der Waals surface area contributed by atoms with E-state index in [9.17, 15) is 13.2 Å². The van der Waals surface area contributed by atoms with Crippen LogP contribution in [0.2, 0.25) is 0 Å². The highest BCUT2D eigenvalue weighted by Gasteiger charge is 2.19. The summed E-state index contributed by atoms with van der Waals surface area (Å²) >= 11 is 0. The SMILES string of the molecule is Fc1cc(-c2nnc(C(F)F)o2)cnc1Cn1cc(-c2cccc(C3CCNCC3)c2)nn1. The third-order valence-corrected chi connectivity index (χ3v) is 5.64. The van der Waals surface area contributed by atoms with Crippen LogP contribution in [-0.4, -0.2) is 43.3 Å². The molecule has 1 saturated heterocycles. The minimum atomic E-state index is -2.90. The highest BCUT2D eigenvalue weighted by Crippen LogP contribution is 2.28. The number of aromatic nitrogens is 6. The fraction of sp³-hybridized carbons (Fsp3) is 0.318. The zero-order valence-electron chi connectivity index (χ0n) is 17.5. The van der Waals surface area contributed by atoms with Crippen molar-refractivity contribution in [1.29, 1.82) is 0 Å². The molecule has 1 aliphatic heterocycles. The maximum absolute atomic E-state index is 14.6. The summed E-state index contributed by atoms with van der Waals surface area (Å²) < 4.78 is 46.2. The van der Waals surface area contributed by atoms with Gasteiger partial charge in [0.25, 0.3) is 5.89 Å². The van der Waals surface area contributed by atoms with Gasteiger partial charge >= 0.3 is 6.43 Å². The van der Waals surface area contributed by atoms with Crippen LogP contribution in [-0.2, 0) is 6.54 Å². The molecule has 0 atom stereocenters. The molecule has 0 spiro atoms. The van der Waals surface area contributed by atoms with Gasteiger partial charge in [0, 0.05) is 11.8 Å². The van der Waals surface area contributed by atoms with Gasteiger partial charge in [0.15, 0.2) is 0 Å². The number of halogens is 3. The van der Waals surface area contributed by atoms with Gasteiger partial charge in [-0.25, -0.2) is 9.07 Å². The van der Waals surface area contributed by atoms with E-state index in [0.717, 1.165) is 37.6 Å². The average Bonchev–Trinajstić information content (AvgIpc) is 3.52. The lowest BCUT2D eigenvalue weighted by molar-refractivity contribution is 0.116. The number of nitrogens with zero attached hydrogens (tertiary/aromatic N) is 6. The summed E-state index contributed by atoms with van der Waals surface area (Å²) in [5, 5.41) is 18.4. The van der Waals surface area contributed by atoms with Crippen LogP contribution in [0, 0.1) is 5.82 Å². The number of nitrogens with one attached hydrogen (secondary N) is 1. The van der Waals surface area contributed by atoms with E-state index >= 15 is 0 Å². The standard InChI is InChI=1S/C22H20F3N7O/c23-17-9-16(21-29-30-22(33-21)20(24)25)10-27-19(17)12-32-11-18(28-31-32)15-3-1-2-14(8-15)13-4-6-26-7-5-13/h1-3,8-11,13,20,26H,4-7,12H2. The van der Waals surface area contributed by atoms with E-state index < -0.39 is 18.1 Å². The molecule has 0 aliphatic carbocycles. The quantitative estimate of drug-likeness (QED) is 0.470. The van der Waals surface area contributed by atoms with Gasteiger partial charge in [-0.15, -0.1) is 15.3 Å². The molecule has 1 aliphatic rings. The Labute approximate surface area is 186 Å². The van der Waals surface area contributed by atoms with Gasteiger partial charge in [-0.05, 0) is 49.5 Å². The Hall–Kier alpha value is -3.60. The maximum atomic E-state index is 14.6. The molecular formula is C22H20F3N7O. The van der Waals surface area contributed by atoms with E-state index in [1.54, 1.807) is 6.20 Å². The van der Waals surface area contributed by atoms with Crippen LogP contribution in [0.15, 0.2) is 47.1 Å². The minimum Gasteiger partial charge on any atom is -0.415 e. The Morgan fingerprint density at radius 3 is 2.70 bits per heavy atom. The summed E-state index contributed by atoms with van der Waals surface area (Å²) in [5.41, 5.74) is 3.15. The Morgan fingerprint density at radius 1 is 1.09 bits per heavy atom. The Balaban J connectivity index is 1.32. The number of rotatable bonds is 6. The minimum absolute atomic E-state index is 0.0548. The predicted octanol–water partition coefficient (Wildman–Crippen LogP) is 3.98. The Morgan fingerprint density at radius 2 is 1.94 bits per heavy atom. The second-order valence-electron chi connectivity index (χ2n) is 7.85. The first-order valence-electron chi connectivity index (χ1n) is 10.5. The lowest BCUT2D eigenvalue weighted by atomic mass is 9.89. The molecule has 1 N–H and O–H groups in total. The van der Waals surface area contributed by atoms with E-state index in [-0.39, 0.29) is 23.7 Å². The fourth-order valence-electron chi connectivity index (χ4n) is 3.91. The van der Waals surface area contributed by atoms with Crippen molar-refractivity contribution in [2.75, 3.05) is 13.1 Å². The summed E-state index contributed by atoms with van der Waals surface area (Å²) in [6.45, 7) is 2.09. The molecule has 0 radical (unpaired) electrons. The third-order valence-electron chi connectivity index (χ3n) is 5.64. The molecule has 0 saturated carbocycles. The first-order chi connectivity index (χ1) is 16.1. The zero-order valence-corrected chi connectivity index (χ0v) is 17.5. The molecule has 4 heterocycles. The van der Waals surface area contributed by atoms with Gasteiger partial charge in [-0.3, -0.25) is 4.98 Å². The van der Waals surface area contributed by atoms with E-state index in [0.29, 0.717) is 11.6 Å². The van der Waals surface area contributed by atoms with E-state index in [4.69, 9.17) is 4.42 Å². The topological polar surface area (TPSA) is 94.5 Å². The van der Waals surface area contributed by atoms with Crippen molar-refractivity contribution in [1.82, 2.24) is 35.5 Å². The highest BCUT2D eigenvalue weighted by molar-refractivity contribution is 5.59. The van der Waals surface area contributed by atoms with Crippen molar-refractivity contribution < 1.29 is 17.6 Å². The molecule has 0 unspecified atom stereocenters. The summed E-state index contributed by atoms with van der Waals surface area (Å²) in [7, 11) is 0. The zero-order chi connectivity index (χ0) is 22.8. The van der Waals surface area contributed by atoms with Gasteiger partial charge in [-0.1, -0.05) is 23.4 Å². The largest absolute Gasteiger partial charge is 0.415 e. The second-order valence-corrected chi connectivity index (χ2v) is 7.85. The van der Waals surface area contributed by atoms with Crippen LogP contribution in [0.4, 0.5) is 13.2 Å². The lowest BCUT2D eigenvalue weighted by Gasteiger charge is -2.23. The van der Waals surface area contributed by atoms with Crippen LogP contribution in [0.25, 0.3) is 22.7 Å². The molecule has 8 nitrogen and oxygen atoms in total. The van der Waals surface area contributed by atoms with Crippen LogP contribution < -0.4 is 5.32 Å². The molecule has 0 bridgehead atoms. The van der Waals surface area contributed by atoms with Crippen molar-refractivity contribution in [2.45, 2.75) is 31.7 Å². The van der Waals surface area contributed by atoms with Crippen molar-refractivity contribution in [3.05, 3.63) is 65.7 Å². The summed E-state index contributed by atoms with van der Waals surface area (Å²) in [6, 6.07) is 9.38. The number of hydrogen-bond acceptors (Lipinski definition) is 7. The third kappa shape index (κ3) is 4.63. The van der Waals surface area contributed by atoms with E-state index in [1.807, 2.05) is 12.1 Å². The molecule has 11 heteroatoms. The normalized spacial score (nSPS) is 14.8. The number of alkyl halides is 2. The smallest absolute Gasteiger partial charge is 0.314 e. The van der Waals surface area contributed by atoms with Gasteiger partial charge < -0.3 is 9.73 Å². The number of piperidine rings is 1. The molecule has 5 rings (SSSR count). The van der Waals surface area contributed by atoms with Crippen molar-refractivity contribution in [3.8, 4) is 22.7 Å². The number of pyridine rings is 1. The molecule has 3 aromatic heterocycles. The molecule has 33 heavy (non-hydrogen) atoms. The maximum Gasteiger partial charge on any atom is 0.314 e. The lowest BCUT2D eigenvalue weighted by Crippen LogP contribution is -2.26. The predicted molar refractivity (Wildman–Crippen MR) is 112 cm³/mol. The molecule has 1 fully saturated rings. The Bertz CT molecular complexity index is 1250. The van der Waals surface area contributed by atoms with Gasteiger partial charge in [0.05, 0.1) is 24.0 Å². The van der Waals surface area contributed by atoms with Gasteiger partial charge in [-0.2, -0.15) is 8.78 Å². The molecule has 1 aromatic carbocycles. The second kappa shape index (κ2) is 9.10. The first-order valence-corrected chi connectivity index (χ1v) is 10.5. The van der Waals surface area contributed by atoms with Crippen LogP contribution >= 0.6 is 0 Å². The molecule has 0 amide bonds. The first kappa shape index (κ1) is 21.3. The van der Waals surface area contributed by atoms with Crippen LogP contribution in [0.1, 0.15) is 42.3 Å². The summed E-state index contributed by atoms with van der Waals surface area (Å²) in [6.07, 6.45) is 2.34. The fourth-order valence-corrected chi connectivity index (χ4v) is 3.91. The highest BCUT2D eigenvalue weighted by atomic mass is 19.3. The van der Waals surface area contributed by atoms with Crippen molar-refractivity contribution >= 4 is 0 Å². The van der Waals surface area contributed by atoms with Gasteiger partial charge in [0.1, 0.15) is 11.5 Å². The molecule has 4 aromatic rings. The van der Waals surface area contributed by atoms with Crippen molar-refractivity contribution in [3.63, 3.8) is 0 Å².